The van der Waals surface area contributed by atoms with Gasteiger partial charge in [-0.2, -0.15) is 5.10 Å². The van der Waals surface area contributed by atoms with Crippen molar-refractivity contribution < 1.29 is 28.5 Å². The van der Waals surface area contributed by atoms with Crippen LogP contribution < -0.4 is 4.74 Å². The normalized spacial score (nSPS) is 41.4. The number of hydrogen-bond acceptors (Lipinski definition) is 9. The van der Waals surface area contributed by atoms with Crippen molar-refractivity contribution in [2.45, 2.75) is 64.3 Å². The van der Waals surface area contributed by atoms with Crippen LogP contribution >= 0.6 is 0 Å². The van der Waals surface area contributed by atoms with E-state index in [9.17, 15) is 0 Å². The third kappa shape index (κ3) is 4.49. The summed E-state index contributed by atoms with van der Waals surface area (Å²) in [4.78, 5) is 5.67. The zero-order valence-corrected chi connectivity index (χ0v) is 26.1. The van der Waals surface area contributed by atoms with E-state index in [2.05, 4.69) is 44.2 Å². The summed E-state index contributed by atoms with van der Waals surface area (Å²) >= 11 is 0. The smallest absolute Gasteiger partial charge is 0.226 e. The number of nitrogens with zero attached hydrogens (tertiary/aromatic N) is 3. The molecule has 2 aliphatic heterocycles. The Morgan fingerprint density at radius 2 is 1.84 bits per heavy atom. The van der Waals surface area contributed by atoms with Gasteiger partial charge in [0, 0.05) is 36.6 Å². The molecule has 0 radical (unpaired) electrons. The maximum atomic E-state index is 6.62. The predicted molar refractivity (Wildman–Crippen MR) is 163 cm³/mol. The molecule has 0 N–H and O–H groups in total. The molecule has 9 nitrogen and oxygen atoms in total. The van der Waals surface area contributed by atoms with Crippen LogP contribution in [0.1, 0.15) is 51.5 Å². The van der Waals surface area contributed by atoms with Gasteiger partial charge in [0.1, 0.15) is 30.3 Å². The first-order valence-corrected chi connectivity index (χ1v) is 15.7. The number of benzene rings is 1. The van der Waals surface area contributed by atoms with E-state index in [0.717, 1.165) is 43.6 Å². The number of allylic oxidation sites excluding steroid dienone is 4. The number of fused-ring (bicyclic) bond motifs is 7. The zero-order valence-electron chi connectivity index (χ0n) is 26.1. The van der Waals surface area contributed by atoms with E-state index < -0.39 is 11.4 Å². The first-order chi connectivity index (χ1) is 20.7. The molecular formula is C34H45N3O6. The minimum atomic E-state index is -0.836. The van der Waals surface area contributed by atoms with E-state index in [0.29, 0.717) is 37.6 Å². The van der Waals surface area contributed by atoms with Crippen molar-refractivity contribution in [3.63, 3.8) is 0 Å². The minimum absolute atomic E-state index is 0.139. The second-order valence-corrected chi connectivity index (χ2v) is 13.8. The highest BCUT2D eigenvalue weighted by molar-refractivity contribution is 6.06. The molecule has 1 unspecified atom stereocenters. The second-order valence-electron chi connectivity index (χ2n) is 13.8. The summed E-state index contributed by atoms with van der Waals surface area (Å²) in [6, 6.07) is 8.03. The molecule has 7 rings (SSSR count). The van der Waals surface area contributed by atoms with Crippen LogP contribution in [0.3, 0.4) is 0 Å². The number of rotatable bonds is 6. The number of aryl methyl sites for hydroxylation is 1. The van der Waals surface area contributed by atoms with E-state index >= 15 is 0 Å². The third-order valence-electron chi connectivity index (χ3n) is 11.3. The summed E-state index contributed by atoms with van der Waals surface area (Å²) in [7, 11) is 4.05. The lowest BCUT2D eigenvalue weighted by atomic mass is 9.46. The monoisotopic (exact) mass is 591 g/mol. The average molecular weight is 592 g/mol. The third-order valence-corrected chi connectivity index (χ3v) is 11.3. The summed E-state index contributed by atoms with van der Waals surface area (Å²) in [6.45, 7) is 8.60. The van der Waals surface area contributed by atoms with E-state index in [-0.39, 0.29) is 24.4 Å². The van der Waals surface area contributed by atoms with Crippen molar-refractivity contribution in [1.82, 2.24) is 5.01 Å². The highest BCUT2D eigenvalue weighted by atomic mass is 16.9. The fourth-order valence-electron chi connectivity index (χ4n) is 9.41. The maximum absolute atomic E-state index is 6.62. The van der Waals surface area contributed by atoms with Gasteiger partial charge in [-0.1, -0.05) is 48.3 Å². The number of hydrogen-bond donors (Lipinski definition) is 0. The Bertz CT molecular complexity index is 1340. The van der Waals surface area contributed by atoms with E-state index in [4.69, 9.17) is 33.6 Å². The average Bonchev–Trinajstić information content (AvgIpc) is 3.68. The fourth-order valence-corrected chi connectivity index (χ4v) is 9.41. The molecule has 2 heterocycles. The minimum Gasteiger partial charge on any atom is -0.490 e. The standard InChI is InChI=1S/C34H45N3O6/c1-23-6-9-26(10-7-23)39-16-17-43-36-25-12-14-31(2)24(18-25)8-11-27-28-13-15-33(34(42-22-40-33)20-38-21-41-34)32(28,3)19-29(30(27)31)35-37(4)5/h6-7,9-10,12,14,18,27-28,30H,8,11,13,15-17,19-22H2,1-5H3/b35-29+,36-25-/t27-,28-,30+,31-,32-,33+,34?/m0/s1. The molecule has 5 fully saturated rings. The van der Waals surface area contributed by atoms with Crippen molar-refractivity contribution in [3.05, 3.63) is 53.6 Å². The Kier molecular flexibility index (Phi) is 7.23. The molecule has 0 bridgehead atoms. The van der Waals surface area contributed by atoms with Gasteiger partial charge in [0.15, 0.2) is 20.2 Å². The highest BCUT2D eigenvalue weighted by Gasteiger charge is 2.76. The van der Waals surface area contributed by atoms with Crippen LogP contribution in [0.5, 0.6) is 5.75 Å². The lowest BCUT2D eigenvalue weighted by Gasteiger charge is -2.59. The van der Waals surface area contributed by atoms with E-state index in [1.54, 1.807) is 0 Å². The van der Waals surface area contributed by atoms with Gasteiger partial charge in [0.2, 0.25) is 5.79 Å². The summed E-state index contributed by atoms with van der Waals surface area (Å²) in [5.41, 5.74) is 3.85. The van der Waals surface area contributed by atoms with Gasteiger partial charge in [0.25, 0.3) is 0 Å². The van der Waals surface area contributed by atoms with Crippen LogP contribution in [-0.4, -0.2) is 75.3 Å². The molecule has 232 valence electrons. The van der Waals surface area contributed by atoms with Crippen molar-refractivity contribution in [1.29, 1.82) is 0 Å². The summed E-state index contributed by atoms with van der Waals surface area (Å²) < 4.78 is 30.6. The summed E-state index contributed by atoms with van der Waals surface area (Å²) in [5, 5.41) is 11.6. The number of ether oxygens (including phenoxy) is 5. The molecule has 3 saturated carbocycles. The zero-order chi connectivity index (χ0) is 29.9. The Morgan fingerprint density at radius 3 is 2.60 bits per heavy atom. The predicted octanol–water partition coefficient (Wildman–Crippen LogP) is 5.46. The van der Waals surface area contributed by atoms with Crippen LogP contribution in [0.25, 0.3) is 0 Å². The van der Waals surface area contributed by atoms with Gasteiger partial charge in [-0.25, -0.2) is 0 Å². The molecule has 1 aromatic rings. The van der Waals surface area contributed by atoms with Gasteiger partial charge in [-0.05, 0) is 75.1 Å². The quantitative estimate of drug-likeness (QED) is 0.321. The first kappa shape index (κ1) is 29.0. The van der Waals surface area contributed by atoms with E-state index in [1.165, 1.54) is 16.8 Å². The Labute approximate surface area is 254 Å². The van der Waals surface area contributed by atoms with E-state index in [1.807, 2.05) is 43.4 Å². The molecular weight excluding hydrogens is 546 g/mol. The van der Waals surface area contributed by atoms with Gasteiger partial charge in [-0.15, -0.1) is 0 Å². The van der Waals surface area contributed by atoms with Crippen molar-refractivity contribution in [2.75, 3.05) is 47.5 Å². The summed E-state index contributed by atoms with van der Waals surface area (Å²) in [5.74, 6) is 1.24. The van der Waals surface area contributed by atoms with Crippen LogP contribution in [0.15, 0.2) is 58.3 Å². The van der Waals surface area contributed by atoms with Gasteiger partial charge in [-0.3, -0.25) is 0 Å². The van der Waals surface area contributed by atoms with Crippen LogP contribution in [0.2, 0.25) is 0 Å². The molecule has 0 amide bonds. The van der Waals surface area contributed by atoms with Gasteiger partial charge >= 0.3 is 0 Å². The van der Waals surface area contributed by atoms with Crippen molar-refractivity contribution in [2.24, 2.45) is 38.8 Å². The first-order valence-electron chi connectivity index (χ1n) is 15.7. The molecule has 2 spiro atoms. The molecule has 43 heavy (non-hydrogen) atoms. The van der Waals surface area contributed by atoms with Gasteiger partial charge in [0.05, 0.1) is 0 Å². The van der Waals surface area contributed by atoms with Crippen LogP contribution in [-0.2, 0) is 23.8 Å². The summed E-state index contributed by atoms with van der Waals surface area (Å²) in [6.07, 6.45) is 11.7. The molecule has 4 aliphatic carbocycles. The molecule has 7 atom stereocenters. The topological polar surface area (TPSA) is 83.3 Å². The molecule has 2 saturated heterocycles. The molecule has 0 aromatic heterocycles. The molecule has 9 heteroatoms. The van der Waals surface area contributed by atoms with Gasteiger partial charge < -0.3 is 33.5 Å². The fraction of sp³-hybridized carbons (Fsp3) is 0.647. The second kappa shape index (κ2) is 10.7. The Balaban J connectivity index is 1.11. The highest BCUT2D eigenvalue weighted by Crippen LogP contribution is 2.70. The largest absolute Gasteiger partial charge is 0.490 e. The van der Waals surface area contributed by atoms with Crippen LogP contribution in [0, 0.1) is 35.5 Å². The maximum Gasteiger partial charge on any atom is 0.226 e. The molecule has 1 aromatic carbocycles. The number of hydrazone groups is 1. The van der Waals surface area contributed by atoms with Crippen molar-refractivity contribution in [3.8, 4) is 5.75 Å². The Hall–Kier alpha value is -2.72. The lowest BCUT2D eigenvalue weighted by Crippen LogP contribution is -2.65. The molecule has 6 aliphatic rings. The SMILES string of the molecule is Cc1ccc(OCCO/N=C2/C=C[C@@]3(C)C(=C2)CC[C@@H]2[C@@H]3/C(=N/N(C)C)C[C@@]3(C)[C@H]2CC[C@@]32OCOC23COCO3)cc1. The number of oxime groups is 1. The lowest BCUT2D eigenvalue weighted by molar-refractivity contribution is -0.242. The van der Waals surface area contributed by atoms with Crippen molar-refractivity contribution >= 4 is 11.4 Å². The van der Waals surface area contributed by atoms with Crippen LogP contribution in [0.4, 0.5) is 0 Å². The Morgan fingerprint density at radius 1 is 1.02 bits per heavy atom.